The molecule has 0 aliphatic rings. The van der Waals surface area contributed by atoms with Gasteiger partial charge in [-0.2, -0.15) is 0 Å². The number of fused-ring (bicyclic) bond motifs is 11. The molecule has 0 N–H and O–H groups in total. The van der Waals surface area contributed by atoms with Crippen LogP contribution in [0.4, 0.5) is 0 Å². The van der Waals surface area contributed by atoms with Crippen molar-refractivity contribution in [2.24, 2.45) is 0 Å². The lowest BCUT2D eigenvalue weighted by Gasteiger charge is -2.18. The summed E-state index contributed by atoms with van der Waals surface area (Å²) in [4.78, 5) is 16.4. The van der Waals surface area contributed by atoms with Crippen molar-refractivity contribution in [2.75, 3.05) is 0 Å². The lowest BCUT2D eigenvalue weighted by Crippen LogP contribution is -2.03. The fourth-order valence-corrected chi connectivity index (χ4v) is 11.6. The van der Waals surface area contributed by atoms with E-state index >= 15 is 0 Å². The van der Waals surface area contributed by atoms with E-state index in [0.717, 1.165) is 66.1 Å². The molecule has 306 valence electrons. The van der Waals surface area contributed by atoms with Crippen LogP contribution in [0.25, 0.3) is 136 Å². The van der Waals surface area contributed by atoms with Crippen molar-refractivity contribution >= 4 is 96.4 Å². The van der Waals surface area contributed by atoms with Gasteiger partial charge in [-0.25, -0.2) is 15.0 Å². The number of benzene rings is 11. The fourth-order valence-electron chi connectivity index (χ4n) is 10.4. The summed E-state index contributed by atoms with van der Waals surface area (Å²) in [6, 6.07) is 78.7. The molecule has 14 rings (SSSR count). The molecular formula is C61H36N4S. The summed E-state index contributed by atoms with van der Waals surface area (Å²) in [6.07, 6.45) is 0. The van der Waals surface area contributed by atoms with Crippen LogP contribution in [0.1, 0.15) is 0 Å². The minimum atomic E-state index is 0.617. The van der Waals surface area contributed by atoms with Crippen LogP contribution >= 0.6 is 11.3 Å². The van der Waals surface area contributed by atoms with Gasteiger partial charge in [-0.1, -0.05) is 164 Å². The Morgan fingerprint density at radius 3 is 1.67 bits per heavy atom. The van der Waals surface area contributed by atoms with Crippen LogP contribution in [0.3, 0.4) is 0 Å². The number of thiophene rings is 1. The Balaban J connectivity index is 1.12. The second kappa shape index (κ2) is 14.5. The van der Waals surface area contributed by atoms with Crippen LogP contribution in [-0.2, 0) is 0 Å². The number of para-hydroxylation sites is 1. The largest absolute Gasteiger partial charge is 0.309 e. The zero-order valence-electron chi connectivity index (χ0n) is 35.5. The summed E-state index contributed by atoms with van der Waals surface area (Å²) in [5.74, 6) is 1.88. The van der Waals surface area contributed by atoms with Crippen LogP contribution in [0.15, 0.2) is 218 Å². The van der Waals surface area contributed by atoms with E-state index in [1.807, 2.05) is 17.4 Å². The highest BCUT2D eigenvalue weighted by molar-refractivity contribution is 7.26. The lowest BCUT2D eigenvalue weighted by molar-refractivity contribution is 1.08. The molecule has 0 saturated carbocycles. The third-order valence-electron chi connectivity index (χ3n) is 13.4. The maximum Gasteiger partial charge on any atom is 0.165 e. The topological polar surface area (TPSA) is 43.6 Å². The van der Waals surface area contributed by atoms with Gasteiger partial charge in [-0.3, -0.25) is 0 Å². The number of nitrogens with zero attached hydrogens (tertiary/aromatic N) is 4. The lowest BCUT2D eigenvalue weighted by atomic mass is 9.91. The van der Waals surface area contributed by atoms with Gasteiger partial charge >= 0.3 is 0 Å². The first-order chi connectivity index (χ1) is 32.7. The van der Waals surface area contributed by atoms with Crippen molar-refractivity contribution in [1.29, 1.82) is 0 Å². The highest BCUT2D eigenvalue weighted by atomic mass is 32.1. The van der Waals surface area contributed by atoms with Crippen molar-refractivity contribution in [3.05, 3.63) is 218 Å². The van der Waals surface area contributed by atoms with Crippen molar-refractivity contribution in [2.45, 2.75) is 0 Å². The fraction of sp³-hybridized carbons (Fsp3) is 0. The van der Waals surface area contributed by atoms with Gasteiger partial charge < -0.3 is 4.57 Å². The molecule has 0 atom stereocenters. The molecule has 0 aliphatic heterocycles. The molecule has 0 amide bonds. The summed E-state index contributed by atoms with van der Waals surface area (Å²) >= 11 is 1.86. The van der Waals surface area contributed by atoms with Gasteiger partial charge in [0, 0.05) is 53.3 Å². The smallest absolute Gasteiger partial charge is 0.165 e. The highest BCUT2D eigenvalue weighted by Gasteiger charge is 2.23. The summed E-state index contributed by atoms with van der Waals surface area (Å²) in [6.45, 7) is 0. The van der Waals surface area contributed by atoms with Gasteiger partial charge in [-0.05, 0) is 109 Å². The predicted molar refractivity (Wildman–Crippen MR) is 279 cm³/mol. The summed E-state index contributed by atoms with van der Waals surface area (Å²) in [5.41, 5.74) is 8.44. The molecule has 66 heavy (non-hydrogen) atoms. The second-order valence-corrected chi connectivity index (χ2v) is 18.2. The molecule has 0 spiro atoms. The monoisotopic (exact) mass is 856 g/mol. The Morgan fingerprint density at radius 1 is 0.333 bits per heavy atom. The average Bonchev–Trinajstić information content (AvgIpc) is 3.93. The normalized spacial score (nSPS) is 11.9. The molecule has 0 unspecified atom stereocenters. The molecule has 11 aromatic carbocycles. The van der Waals surface area contributed by atoms with E-state index < -0.39 is 0 Å². The van der Waals surface area contributed by atoms with Crippen LogP contribution in [0, 0.1) is 0 Å². The SMILES string of the molecule is c1ccc(-c2nc(-c3ccc(-n4c5ccccc5c5cc6ccccc6cc54)cc3-c3cc4ccccc4c4sc5ccccc5c34)nc(-c3c4ccccc4cc4ccccc34)n2)cc1. The molecule has 0 fully saturated rings. The molecule has 14 aromatic rings. The molecule has 3 heterocycles. The maximum atomic E-state index is 5.58. The van der Waals surface area contributed by atoms with Crippen LogP contribution in [0.2, 0.25) is 0 Å². The van der Waals surface area contributed by atoms with Crippen molar-refractivity contribution in [1.82, 2.24) is 19.5 Å². The van der Waals surface area contributed by atoms with Gasteiger partial charge in [0.25, 0.3) is 0 Å². The average molecular weight is 857 g/mol. The Hall–Kier alpha value is -8.51. The van der Waals surface area contributed by atoms with E-state index in [1.165, 1.54) is 52.5 Å². The van der Waals surface area contributed by atoms with E-state index in [-0.39, 0.29) is 0 Å². The Morgan fingerprint density at radius 2 is 0.909 bits per heavy atom. The second-order valence-electron chi connectivity index (χ2n) is 17.1. The van der Waals surface area contributed by atoms with E-state index in [4.69, 9.17) is 15.0 Å². The zero-order chi connectivity index (χ0) is 43.3. The molecule has 3 aromatic heterocycles. The summed E-state index contributed by atoms with van der Waals surface area (Å²) in [7, 11) is 0. The zero-order valence-corrected chi connectivity index (χ0v) is 36.3. The van der Waals surface area contributed by atoms with Gasteiger partial charge in [0.1, 0.15) is 0 Å². The molecule has 5 heteroatoms. The van der Waals surface area contributed by atoms with Crippen LogP contribution < -0.4 is 0 Å². The Kier molecular flexibility index (Phi) is 8.12. The third-order valence-corrected chi connectivity index (χ3v) is 14.6. The predicted octanol–water partition coefficient (Wildman–Crippen LogP) is 16.6. The summed E-state index contributed by atoms with van der Waals surface area (Å²) < 4.78 is 4.96. The number of hydrogen-bond acceptors (Lipinski definition) is 4. The molecule has 0 radical (unpaired) electrons. The maximum absolute atomic E-state index is 5.58. The highest BCUT2D eigenvalue weighted by Crippen LogP contribution is 2.48. The van der Waals surface area contributed by atoms with Gasteiger partial charge in [-0.15, -0.1) is 11.3 Å². The van der Waals surface area contributed by atoms with Crippen molar-refractivity contribution in [3.63, 3.8) is 0 Å². The molecular weight excluding hydrogens is 821 g/mol. The first kappa shape index (κ1) is 36.9. The molecule has 0 aliphatic carbocycles. The van der Waals surface area contributed by atoms with E-state index in [9.17, 15) is 0 Å². The number of hydrogen-bond donors (Lipinski definition) is 0. The first-order valence-corrected chi connectivity index (χ1v) is 23.2. The quantitative estimate of drug-likeness (QED) is 0.162. The molecule has 0 bridgehead atoms. The third kappa shape index (κ3) is 5.67. The van der Waals surface area contributed by atoms with Gasteiger partial charge in [0.05, 0.1) is 11.0 Å². The summed E-state index contributed by atoms with van der Waals surface area (Å²) in [5, 5.41) is 14.3. The van der Waals surface area contributed by atoms with E-state index in [1.54, 1.807) is 0 Å². The molecule has 4 nitrogen and oxygen atoms in total. The minimum Gasteiger partial charge on any atom is -0.309 e. The first-order valence-electron chi connectivity index (χ1n) is 22.3. The molecule has 0 saturated heterocycles. The van der Waals surface area contributed by atoms with E-state index in [0.29, 0.717) is 17.5 Å². The number of rotatable bonds is 5. The minimum absolute atomic E-state index is 0.617. The van der Waals surface area contributed by atoms with Crippen LogP contribution in [0.5, 0.6) is 0 Å². The Labute approximate surface area is 383 Å². The van der Waals surface area contributed by atoms with Crippen molar-refractivity contribution in [3.8, 4) is 51.0 Å². The Bertz CT molecular complexity index is 4240. The number of aromatic nitrogens is 4. The van der Waals surface area contributed by atoms with Gasteiger partial charge in [0.15, 0.2) is 17.5 Å². The standard InChI is InChI=1S/C61H36N4S/c1-2-16-37(17-3-1)59-62-60(64-61(63-59)57-44-23-9-6-20-40(44)32-41-21-7-10-24-45(41)57)48-31-30-43(65-53-28-14-12-26-47(53)51-33-38-18-4-5-19-39(38)35-54(51)65)36-50(48)52-34-42-22-8-11-25-46(42)58-56(52)49-27-13-15-29-55(49)66-58/h1-36H. The van der Waals surface area contributed by atoms with Crippen LogP contribution in [-0.4, -0.2) is 19.5 Å². The van der Waals surface area contributed by atoms with E-state index in [2.05, 4.69) is 217 Å². The van der Waals surface area contributed by atoms with Crippen molar-refractivity contribution < 1.29 is 0 Å². The van der Waals surface area contributed by atoms with Gasteiger partial charge in [0.2, 0.25) is 0 Å².